The summed E-state index contributed by atoms with van der Waals surface area (Å²) in [6.07, 6.45) is 4.38. The molecular formula is C22H33N7O4S. The molecule has 0 aromatic carbocycles. The van der Waals surface area contributed by atoms with Crippen LogP contribution in [0.4, 0.5) is 17.6 Å². The summed E-state index contributed by atoms with van der Waals surface area (Å²) in [6, 6.07) is 3.87. The lowest BCUT2D eigenvalue weighted by Crippen LogP contribution is -2.58. The molecule has 0 aliphatic carbocycles. The second kappa shape index (κ2) is 9.31. The van der Waals surface area contributed by atoms with Crippen LogP contribution in [0.1, 0.15) is 44.7 Å². The molecular weight excluding hydrogens is 458 g/mol. The first-order chi connectivity index (χ1) is 16.3. The molecule has 34 heavy (non-hydrogen) atoms. The third-order valence-corrected chi connectivity index (χ3v) is 8.95. The zero-order valence-corrected chi connectivity index (χ0v) is 20.7. The summed E-state index contributed by atoms with van der Waals surface area (Å²) in [7, 11) is -1.23. The lowest BCUT2D eigenvalue weighted by Gasteiger charge is -2.49. The summed E-state index contributed by atoms with van der Waals surface area (Å²) in [5.74, 6) is 2.42. The topological polar surface area (TPSA) is 126 Å². The Balaban J connectivity index is 1.39. The molecule has 2 bridgehead atoms. The average molecular weight is 492 g/mol. The van der Waals surface area contributed by atoms with Crippen molar-refractivity contribution in [2.24, 2.45) is 0 Å². The minimum absolute atomic E-state index is 0.0182. The number of nitrogens with zero attached hydrogens (tertiary/aromatic N) is 5. The van der Waals surface area contributed by atoms with Crippen molar-refractivity contribution in [2.45, 2.75) is 70.2 Å². The maximum absolute atomic E-state index is 12.8. The number of rotatable bonds is 8. The fourth-order valence-electron chi connectivity index (χ4n) is 5.15. The van der Waals surface area contributed by atoms with Crippen molar-refractivity contribution in [3.63, 3.8) is 0 Å². The van der Waals surface area contributed by atoms with Gasteiger partial charge in [-0.2, -0.15) is 19.4 Å². The van der Waals surface area contributed by atoms with E-state index in [1.807, 2.05) is 20.0 Å². The van der Waals surface area contributed by atoms with E-state index >= 15 is 0 Å². The van der Waals surface area contributed by atoms with E-state index in [9.17, 15) is 8.42 Å². The third kappa shape index (κ3) is 4.71. The van der Waals surface area contributed by atoms with Crippen molar-refractivity contribution in [1.82, 2.24) is 24.5 Å². The number of H-pyrrole nitrogens is 1. The zero-order chi connectivity index (χ0) is 23.9. The van der Waals surface area contributed by atoms with Gasteiger partial charge in [0.25, 0.3) is 0 Å². The molecule has 5 rings (SSSR count). The molecule has 0 spiro atoms. The second-order valence-corrected chi connectivity index (χ2v) is 11.6. The molecule has 12 heteroatoms. The number of ether oxygens (including phenoxy) is 2. The Bertz CT molecular complexity index is 1110. The van der Waals surface area contributed by atoms with Gasteiger partial charge in [-0.1, -0.05) is 6.42 Å². The van der Waals surface area contributed by atoms with Crippen LogP contribution in [-0.4, -0.2) is 83.1 Å². The van der Waals surface area contributed by atoms with Crippen LogP contribution >= 0.6 is 0 Å². The third-order valence-electron chi connectivity index (χ3n) is 6.98. The molecule has 0 unspecified atom stereocenters. The Morgan fingerprint density at radius 3 is 2.53 bits per heavy atom. The van der Waals surface area contributed by atoms with Crippen LogP contribution in [0, 0.1) is 6.92 Å². The van der Waals surface area contributed by atoms with Crippen molar-refractivity contribution in [2.75, 3.05) is 36.2 Å². The monoisotopic (exact) mass is 491 g/mol. The first-order valence-electron chi connectivity index (χ1n) is 12.0. The van der Waals surface area contributed by atoms with Gasteiger partial charge in [0, 0.05) is 43.0 Å². The Kier molecular flexibility index (Phi) is 6.38. The van der Waals surface area contributed by atoms with Crippen LogP contribution in [0.15, 0.2) is 12.1 Å². The number of hydrogen-bond acceptors (Lipinski definition) is 9. The van der Waals surface area contributed by atoms with E-state index in [0.717, 1.165) is 37.8 Å². The quantitative estimate of drug-likeness (QED) is 0.571. The fourth-order valence-corrected chi connectivity index (χ4v) is 6.74. The predicted molar refractivity (Wildman–Crippen MR) is 128 cm³/mol. The van der Waals surface area contributed by atoms with Crippen LogP contribution in [0.5, 0.6) is 5.88 Å². The van der Waals surface area contributed by atoms with Gasteiger partial charge in [-0.05, 0) is 39.5 Å². The Morgan fingerprint density at radius 2 is 1.94 bits per heavy atom. The van der Waals surface area contributed by atoms with Gasteiger partial charge in [0.05, 0.1) is 19.0 Å². The molecule has 2 aromatic rings. The molecule has 0 amide bonds. The molecule has 0 saturated carbocycles. The van der Waals surface area contributed by atoms with Crippen molar-refractivity contribution in [3.05, 3.63) is 17.8 Å². The van der Waals surface area contributed by atoms with Crippen LogP contribution in [0.25, 0.3) is 0 Å². The summed E-state index contributed by atoms with van der Waals surface area (Å²) in [4.78, 5) is 11.5. The molecule has 2 aromatic heterocycles. The fraction of sp³-hybridized carbons (Fsp3) is 0.682. The maximum atomic E-state index is 12.8. The van der Waals surface area contributed by atoms with Crippen molar-refractivity contribution in [1.29, 1.82) is 0 Å². The number of aromatic amines is 1. The number of aromatic nitrogens is 4. The summed E-state index contributed by atoms with van der Waals surface area (Å²) in [6.45, 7) is 4.75. The van der Waals surface area contributed by atoms with Gasteiger partial charge in [0.1, 0.15) is 11.9 Å². The first kappa shape index (κ1) is 23.3. The molecule has 3 fully saturated rings. The second-order valence-electron chi connectivity index (χ2n) is 9.44. The summed E-state index contributed by atoms with van der Waals surface area (Å²) in [5, 5.41) is 10.4. The standard InChI is InChI=1S/C22H33N7O4S/c1-4-34(30,31)29-15-6-5-7-16(29)10-17(9-15)28(3)22-24-19(23-20-8-14(2)26-27-20)11-21(25-22)33-18-12-32-13-18/h8,11,15-18H,4-7,9-10,12-13H2,1-3H3,(H2,23,24,25,26,27)/t15-,16+,17+. The highest BCUT2D eigenvalue weighted by Gasteiger charge is 2.45. The van der Waals surface area contributed by atoms with Gasteiger partial charge < -0.3 is 19.7 Å². The van der Waals surface area contributed by atoms with Crippen molar-refractivity contribution < 1.29 is 17.9 Å². The van der Waals surface area contributed by atoms with Crippen LogP contribution in [0.3, 0.4) is 0 Å². The van der Waals surface area contributed by atoms with Gasteiger partial charge >= 0.3 is 0 Å². The number of piperidine rings is 2. The average Bonchev–Trinajstić information content (AvgIpc) is 3.19. The van der Waals surface area contributed by atoms with Gasteiger partial charge in [0.15, 0.2) is 5.82 Å². The van der Waals surface area contributed by atoms with E-state index in [4.69, 9.17) is 19.4 Å². The summed E-state index contributed by atoms with van der Waals surface area (Å²) < 4.78 is 38.6. The number of fused-ring (bicyclic) bond motifs is 2. The number of sulfonamides is 1. The molecule has 3 aliphatic heterocycles. The minimum atomic E-state index is -3.22. The molecule has 5 heterocycles. The van der Waals surface area contributed by atoms with E-state index in [-0.39, 0.29) is 30.0 Å². The van der Waals surface area contributed by atoms with E-state index < -0.39 is 10.0 Å². The van der Waals surface area contributed by atoms with E-state index in [0.29, 0.717) is 36.7 Å². The van der Waals surface area contributed by atoms with Crippen molar-refractivity contribution in [3.8, 4) is 5.88 Å². The van der Waals surface area contributed by atoms with Gasteiger partial charge in [-0.25, -0.2) is 8.42 Å². The van der Waals surface area contributed by atoms with E-state index in [1.54, 1.807) is 17.3 Å². The lowest BCUT2D eigenvalue weighted by atomic mass is 9.83. The van der Waals surface area contributed by atoms with Crippen molar-refractivity contribution >= 4 is 27.6 Å². The molecule has 3 atom stereocenters. The van der Waals surface area contributed by atoms with Crippen LogP contribution < -0.4 is 15.0 Å². The molecule has 11 nitrogen and oxygen atoms in total. The van der Waals surface area contributed by atoms with Gasteiger partial charge in [-0.15, -0.1) is 0 Å². The number of aryl methyl sites for hydroxylation is 1. The van der Waals surface area contributed by atoms with Crippen LogP contribution in [-0.2, 0) is 14.8 Å². The Morgan fingerprint density at radius 1 is 1.21 bits per heavy atom. The number of anilines is 3. The Labute approximate surface area is 200 Å². The highest BCUT2D eigenvalue weighted by molar-refractivity contribution is 7.89. The molecule has 0 radical (unpaired) electrons. The van der Waals surface area contributed by atoms with Crippen LogP contribution in [0.2, 0.25) is 0 Å². The maximum Gasteiger partial charge on any atom is 0.230 e. The smallest absolute Gasteiger partial charge is 0.230 e. The SMILES string of the molecule is CCS(=O)(=O)N1[C@@H]2CCC[C@H]1C[C@@H](N(C)c1nc(Nc3cc(C)[nH]n3)cc(OC3COC3)n1)C2. The Hall–Kier alpha value is -2.44. The zero-order valence-electron chi connectivity index (χ0n) is 19.9. The summed E-state index contributed by atoms with van der Waals surface area (Å²) >= 11 is 0. The first-order valence-corrected chi connectivity index (χ1v) is 13.6. The highest BCUT2D eigenvalue weighted by atomic mass is 32.2. The predicted octanol–water partition coefficient (Wildman–Crippen LogP) is 2.20. The lowest BCUT2D eigenvalue weighted by molar-refractivity contribution is -0.0813. The minimum Gasteiger partial charge on any atom is -0.469 e. The normalized spacial score (nSPS) is 25.6. The van der Waals surface area contributed by atoms with E-state index in [1.165, 1.54) is 0 Å². The summed E-state index contributed by atoms with van der Waals surface area (Å²) in [5.41, 5.74) is 0.942. The van der Waals surface area contributed by atoms with Gasteiger partial charge in [-0.3, -0.25) is 5.10 Å². The molecule has 186 valence electrons. The molecule has 2 N–H and O–H groups in total. The molecule has 3 aliphatic rings. The van der Waals surface area contributed by atoms with Gasteiger partial charge in [0.2, 0.25) is 21.9 Å². The van der Waals surface area contributed by atoms with E-state index in [2.05, 4.69) is 20.4 Å². The highest BCUT2D eigenvalue weighted by Crippen LogP contribution is 2.38. The molecule has 3 saturated heterocycles. The number of nitrogens with one attached hydrogen (secondary N) is 2. The number of hydrogen-bond donors (Lipinski definition) is 2. The largest absolute Gasteiger partial charge is 0.469 e.